The van der Waals surface area contributed by atoms with Gasteiger partial charge in [0.1, 0.15) is 17.2 Å². The molecule has 158 valence electrons. The molecule has 0 bridgehead atoms. The van der Waals surface area contributed by atoms with Gasteiger partial charge in [-0.3, -0.25) is 4.79 Å². The third kappa shape index (κ3) is 4.05. The summed E-state index contributed by atoms with van der Waals surface area (Å²) in [5.41, 5.74) is 2.52. The van der Waals surface area contributed by atoms with Gasteiger partial charge in [0, 0.05) is 50.2 Å². The van der Waals surface area contributed by atoms with E-state index in [1.54, 1.807) is 11.1 Å². The molecule has 1 amide bonds. The van der Waals surface area contributed by atoms with Crippen LogP contribution in [0.1, 0.15) is 42.5 Å². The van der Waals surface area contributed by atoms with Crippen molar-refractivity contribution in [3.8, 4) is 0 Å². The zero-order valence-electron chi connectivity index (χ0n) is 18.1. The Morgan fingerprint density at radius 3 is 2.57 bits per heavy atom. The van der Waals surface area contributed by atoms with Crippen molar-refractivity contribution >= 4 is 22.7 Å². The fourth-order valence-corrected chi connectivity index (χ4v) is 4.20. The normalized spacial score (nSPS) is 19.3. The number of fused-ring (bicyclic) bond motifs is 1. The second-order valence-electron chi connectivity index (χ2n) is 8.08. The number of hydrogen-bond acceptors (Lipinski definition) is 5. The topological polar surface area (TPSA) is 58.8 Å². The van der Waals surface area contributed by atoms with Crippen molar-refractivity contribution in [2.24, 2.45) is 0 Å². The van der Waals surface area contributed by atoms with Crippen molar-refractivity contribution in [1.82, 2.24) is 9.88 Å². The van der Waals surface area contributed by atoms with Crippen LogP contribution in [0.15, 0.2) is 47.0 Å². The number of hydrogen-bond donors (Lipinski definition) is 0. The first kappa shape index (κ1) is 20.4. The van der Waals surface area contributed by atoms with E-state index in [0.29, 0.717) is 12.1 Å². The second kappa shape index (κ2) is 8.48. The Kier molecular flexibility index (Phi) is 5.77. The maximum atomic E-state index is 13.0. The Morgan fingerprint density at radius 2 is 1.90 bits per heavy atom. The van der Waals surface area contributed by atoms with Gasteiger partial charge in [0.15, 0.2) is 0 Å². The third-order valence-electron chi connectivity index (χ3n) is 5.58. The van der Waals surface area contributed by atoms with Crippen LogP contribution in [-0.2, 0) is 17.7 Å². The largest absolute Gasteiger partial charge is 0.461 e. The fourth-order valence-electron chi connectivity index (χ4n) is 4.20. The molecular formula is C24H29N3O3. The Hall–Kier alpha value is -2.86. The molecule has 1 fully saturated rings. The Bertz CT molecular complexity index is 1020. The predicted octanol–water partition coefficient (Wildman–Crippen LogP) is 4.28. The zero-order chi connectivity index (χ0) is 21.3. The summed E-state index contributed by atoms with van der Waals surface area (Å²) in [7, 11) is 1.82. The van der Waals surface area contributed by atoms with E-state index in [0.717, 1.165) is 47.6 Å². The molecular weight excluding hydrogens is 378 g/mol. The number of benzene rings is 1. The number of aromatic nitrogens is 1. The maximum Gasteiger partial charge on any atom is 0.255 e. The first-order chi connectivity index (χ1) is 14.5. The minimum Gasteiger partial charge on any atom is -0.461 e. The Balaban J connectivity index is 1.49. The lowest BCUT2D eigenvalue weighted by Crippen LogP contribution is -2.45. The maximum absolute atomic E-state index is 13.0. The molecule has 0 spiro atoms. The van der Waals surface area contributed by atoms with Gasteiger partial charge in [0.2, 0.25) is 0 Å². The molecule has 1 aliphatic heterocycles. The van der Waals surface area contributed by atoms with Gasteiger partial charge < -0.3 is 19.0 Å². The summed E-state index contributed by atoms with van der Waals surface area (Å²) in [6.07, 6.45) is 2.80. The number of pyridine rings is 1. The number of carbonyl (C=O) groups excluding carboxylic acids is 1. The van der Waals surface area contributed by atoms with Gasteiger partial charge in [0.05, 0.1) is 17.8 Å². The smallest absolute Gasteiger partial charge is 0.255 e. The number of anilines is 1. The number of para-hydroxylation sites is 1. The molecule has 4 rings (SSSR count). The molecule has 0 radical (unpaired) electrons. The number of amides is 1. The van der Waals surface area contributed by atoms with Crippen molar-refractivity contribution < 1.29 is 13.9 Å². The van der Waals surface area contributed by atoms with Gasteiger partial charge in [0.25, 0.3) is 5.91 Å². The Labute approximate surface area is 177 Å². The molecule has 1 aromatic carbocycles. The van der Waals surface area contributed by atoms with Crippen LogP contribution in [0.4, 0.5) is 5.82 Å². The van der Waals surface area contributed by atoms with Crippen LogP contribution < -0.4 is 4.90 Å². The second-order valence-corrected chi connectivity index (χ2v) is 8.08. The lowest BCUT2D eigenvalue weighted by Gasteiger charge is -2.36. The van der Waals surface area contributed by atoms with Crippen LogP contribution >= 0.6 is 0 Å². The predicted molar refractivity (Wildman–Crippen MR) is 118 cm³/mol. The number of aryl methyl sites for hydroxylation is 1. The van der Waals surface area contributed by atoms with E-state index in [9.17, 15) is 4.79 Å². The van der Waals surface area contributed by atoms with E-state index < -0.39 is 0 Å². The molecule has 6 heteroatoms. The number of furan rings is 1. The first-order valence-electron chi connectivity index (χ1n) is 10.6. The van der Waals surface area contributed by atoms with Gasteiger partial charge in [-0.2, -0.15) is 0 Å². The van der Waals surface area contributed by atoms with Crippen molar-refractivity contribution in [1.29, 1.82) is 0 Å². The van der Waals surface area contributed by atoms with Crippen LogP contribution in [-0.4, -0.2) is 48.1 Å². The molecule has 30 heavy (non-hydrogen) atoms. The summed E-state index contributed by atoms with van der Waals surface area (Å²) < 4.78 is 11.8. The molecule has 2 unspecified atom stereocenters. The van der Waals surface area contributed by atoms with E-state index >= 15 is 0 Å². The summed E-state index contributed by atoms with van der Waals surface area (Å²) >= 11 is 0. The number of morpholine rings is 1. The summed E-state index contributed by atoms with van der Waals surface area (Å²) in [6, 6.07) is 11.8. The van der Waals surface area contributed by atoms with Gasteiger partial charge in [-0.15, -0.1) is 0 Å². The van der Waals surface area contributed by atoms with Crippen LogP contribution in [0.2, 0.25) is 0 Å². The number of ether oxygens (including phenoxy) is 1. The van der Waals surface area contributed by atoms with Crippen molar-refractivity contribution in [3.05, 3.63) is 59.5 Å². The SMILES string of the molecule is CCc1oc2ccccc2c1CN(C)C(=O)c1ccc(N2CC(C)OC(C)C2)nc1. The lowest BCUT2D eigenvalue weighted by atomic mass is 10.1. The highest BCUT2D eigenvalue weighted by molar-refractivity contribution is 5.94. The average Bonchev–Trinajstić information content (AvgIpc) is 3.10. The fraction of sp³-hybridized carbons (Fsp3) is 0.417. The van der Waals surface area contributed by atoms with E-state index in [2.05, 4.69) is 30.7 Å². The molecule has 0 saturated carbocycles. The standard InChI is InChI=1S/C24H29N3O3/c1-5-21-20(19-8-6-7-9-22(19)30-21)15-26(4)24(28)18-10-11-23(25-12-18)27-13-16(2)29-17(3)14-27/h6-12,16-17H,5,13-15H2,1-4H3. The average molecular weight is 408 g/mol. The van der Waals surface area contributed by atoms with E-state index in [1.807, 2.05) is 43.4 Å². The zero-order valence-corrected chi connectivity index (χ0v) is 18.1. The van der Waals surface area contributed by atoms with Crippen LogP contribution in [0, 0.1) is 0 Å². The highest BCUT2D eigenvalue weighted by Gasteiger charge is 2.24. The molecule has 0 N–H and O–H groups in total. The lowest BCUT2D eigenvalue weighted by molar-refractivity contribution is -0.00546. The first-order valence-corrected chi connectivity index (χ1v) is 10.6. The monoisotopic (exact) mass is 407 g/mol. The highest BCUT2D eigenvalue weighted by Crippen LogP contribution is 2.28. The van der Waals surface area contributed by atoms with Crippen molar-refractivity contribution in [2.45, 2.75) is 45.9 Å². The molecule has 2 atom stereocenters. The number of carbonyl (C=O) groups is 1. The van der Waals surface area contributed by atoms with Crippen LogP contribution in [0.5, 0.6) is 0 Å². The molecule has 6 nitrogen and oxygen atoms in total. The summed E-state index contributed by atoms with van der Waals surface area (Å²) in [4.78, 5) is 21.5. The minimum atomic E-state index is -0.0508. The van der Waals surface area contributed by atoms with Gasteiger partial charge in [-0.25, -0.2) is 4.98 Å². The van der Waals surface area contributed by atoms with E-state index in [1.165, 1.54) is 0 Å². The van der Waals surface area contributed by atoms with E-state index in [4.69, 9.17) is 9.15 Å². The summed E-state index contributed by atoms with van der Waals surface area (Å²) in [5, 5.41) is 1.07. The molecule has 1 saturated heterocycles. The van der Waals surface area contributed by atoms with Crippen molar-refractivity contribution in [3.63, 3.8) is 0 Å². The van der Waals surface area contributed by atoms with Crippen molar-refractivity contribution in [2.75, 3.05) is 25.0 Å². The summed E-state index contributed by atoms with van der Waals surface area (Å²) in [5.74, 6) is 1.76. The third-order valence-corrected chi connectivity index (χ3v) is 5.58. The number of nitrogens with zero attached hydrogens (tertiary/aromatic N) is 3. The van der Waals surface area contributed by atoms with Gasteiger partial charge >= 0.3 is 0 Å². The quantitative estimate of drug-likeness (QED) is 0.632. The number of rotatable bonds is 5. The molecule has 3 heterocycles. The molecule has 3 aromatic rings. The van der Waals surface area contributed by atoms with Crippen LogP contribution in [0.25, 0.3) is 11.0 Å². The van der Waals surface area contributed by atoms with Crippen LogP contribution in [0.3, 0.4) is 0 Å². The van der Waals surface area contributed by atoms with Gasteiger partial charge in [-0.1, -0.05) is 25.1 Å². The minimum absolute atomic E-state index is 0.0508. The molecule has 0 aliphatic carbocycles. The van der Waals surface area contributed by atoms with Gasteiger partial charge in [-0.05, 0) is 32.0 Å². The highest BCUT2D eigenvalue weighted by atomic mass is 16.5. The van der Waals surface area contributed by atoms with E-state index in [-0.39, 0.29) is 18.1 Å². The Morgan fingerprint density at radius 1 is 1.17 bits per heavy atom. The molecule has 2 aromatic heterocycles. The molecule has 1 aliphatic rings. The summed E-state index contributed by atoms with van der Waals surface area (Å²) in [6.45, 7) is 8.31.